The Bertz CT molecular complexity index is 280. The predicted octanol–water partition coefficient (Wildman–Crippen LogP) is 1.29. The van der Waals surface area contributed by atoms with Gasteiger partial charge in [0.05, 0.1) is 11.9 Å². The van der Waals surface area contributed by atoms with E-state index in [9.17, 15) is 0 Å². The van der Waals surface area contributed by atoms with Gasteiger partial charge in [0, 0.05) is 19.8 Å². The van der Waals surface area contributed by atoms with Crippen molar-refractivity contribution in [3.8, 4) is 0 Å². The lowest BCUT2D eigenvalue weighted by molar-refractivity contribution is 0.134. The minimum Gasteiger partial charge on any atom is -0.394 e. The van der Waals surface area contributed by atoms with Crippen LogP contribution in [-0.2, 0) is 4.74 Å². The van der Waals surface area contributed by atoms with Crippen LogP contribution in [0.25, 0.3) is 0 Å². The van der Waals surface area contributed by atoms with Crippen LogP contribution in [0.15, 0.2) is 12.5 Å². The summed E-state index contributed by atoms with van der Waals surface area (Å²) in [6.45, 7) is 4.51. The molecule has 84 valence electrons. The van der Waals surface area contributed by atoms with Crippen LogP contribution in [0.5, 0.6) is 0 Å². The standard InChI is InChI=1S/C10H18N4O/c1-2-5-15-6-3-4-13-10-9(11)7-12-8-14-10/h7-8H,2-6,11H2,1H3,(H,12,13,14). The van der Waals surface area contributed by atoms with E-state index in [1.807, 2.05) is 0 Å². The van der Waals surface area contributed by atoms with Gasteiger partial charge in [0.1, 0.15) is 6.33 Å². The van der Waals surface area contributed by atoms with Crippen molar-refractivity contribution in [2.45, 2.75) is 19.8 Å². The maximum absolute atomic E-state index is 5.66. The number of anilines is 2. The molecule has 1 aromatic heterocycles. The van der Waals surface area contributed by atoms with Gasteiger partial charge >= 0.3 is 0 Å². The van der Waals surface area contributed by atoms with E-state index in [4.69, 9.17) is 10.5 Å². The van der Waals surface area contributed by atoms with Crippen molar-refractivity contribution in [1.82, 2.24) is 9.97 Å². The lowest BCUT2D eigenvalue weighted by Crippen LogP contribution is -2.09. The predicted molar refractivity (Wildman–Crippen MR) is 60.7 cm³/mol. The zero-order chi connectivity index (χ0) is 10.9. The smallest absolute Gasteiger partial charge is 0.152 e. The first-order valence-electron chi connectivity index (χ1n) is 5.21. The van der Waals surface area contributed by atoms with Crippen LogP contribution in [0.3, 0.4) is 0 Å². The van der Waals surface area contributed by atoms with Crippen LogP contribution in [0.1, 0.15) is 19.8 Å². The summed E-state index contributed by atoms with van der Waals surface area (Å²) >= 11 is 0. The average Bonchev–Trinajstić information content (AvgIpc) is 2.25. The van der Waals surface area contributed by atoms with Crippen LogP contribution in [-0.4, -0.2) is 29.7 Å². The number of nitrogens with two attached hydrogens (primary N) is 1. The summed E-state index contributed by atoms with van der Waals surface area (Å²) in [5.74, 6) is 0.695. The molecule has 0 atom stereocenters. The second-order valence-electron chi connectivity index (χ2n) is 3.22. The van der Waals surface area contributed by atoms with Crippen molar-refractivity contribution < 1.29 is 4.74 Å². The average molecular weight is 210 g/mol. The van der Waals surface area contributed by atoms with Crippen molar-refractivity contribution in [2.75, 3.05) is 30.8 Å². The quantitative estimate of drug-likeness (QED) is 0.663. The fourth-order valence-electron chi connectivity index (χ4n) is 1.12. The van der Waals surface area contributed by atoms with E-state index in [0.717, 1.165) is 32.6 Å². The molecule has 0 aromatic carbocycles. The number of rotatable bonds is 7. The number of nitrogens with one attached hydrogen (secondary N) is 1. The molecule has 5 heteroatoms. The summed E-state index contributed by atoms with van der Waals surface area (Å²) in [6.07, 6.45) is 5.07. The monoisotopic (exact) mass is 210 g/mol. The number of hydrogen-bond donors (Lipinski definition) is 2. The molecule has 0 unspecified atom stereocenters. The van der Waals surface area contributed by atoms with Crippen molar-refractivity contribution in [3.63, 3.8) is 0 Å². The van der Waals surface area contributed by atoms with Crippen LogP contribution in [0.4, 0.5) is 11.5 Å². The molecular weight excluding hydrogens is 192 g/mol. The Kier molecular flexibility index (Phi) is 5.47. The van der Waals surface area contributed by atoms with Gasteiger partial charge in [-0.05, 0) is 12.8 Å². The largest absolute Gasteiger partial charge is 0.394 e. The van der Waals surface area contributed by atoms with Gasteiger partial charge < -0.3 is 15.8 Å². The minimum atomic E-state index is 0.576. The summed E-state index contributed by atoms with van der Waals surface area (Å²) in [4.78, 5) is 7.84. The maximum atomic E-state index is 5.66. The molecule has 0 aliphatic carbocycles. The second-order valence-corrected chi connectivity index (χ2v) is 3.22. The highest BCUT2D eigenvalue weighted by Gasteiger charge is 1.97. The first-order valence-corrected chi connectivity index (χ1v) is 5.21. The normalized spacial score (nSPS) is 10.2. The third kappa shape index (κ3) is 4.60. The van der Waals surface area contributed by atoms with Gasteiger partial charge in [-0.2, -0.15) is 0 Å². The summed E-state index contributed by atoms with van der Waals surface area (Å²) in [5, 5.41) is 3.13. The van der Waals surface area contributed by atoms with Gasteiger partial charge in [0.15, 0.2) is 5.82 Å². The molecule has 0 amide bonds. The van der Waals surface area contributed by atoms with E-state index in [-0.39, 0.29) is 0 Å². The fraction of sp³-hybridized carbons (Fsp3) is 0.600. The molecule has 0 saturated heterocycles. The summed E-state index contributed by atoms with van der Waals surface area (Å²) < 4.78 is 5.35. The topological polar surface area (TPSA) is 73.1 Å². The SMILES string of the molecule is CCCOCCCNc1ncncc1N. The molecule has 0 fully saturated rings. The molecule has 0 aliphatic heterocycles. The number of ether oxygens (including phenoxy) is 1. The van der Waals surface area contributed by atoms with E-state index in [0.29, 0.717) is 11.5 Å². The molecular formula is C10H18N4O. The van der Waals surface area contributed by atoms with Gasteiger partial charge in [0.25, 0.3) is 0 Å². The maximum Gasteiger partial charge on any atom is 0.152 e. The Morgan fingerprint density at radius 3 is 3.07 bits per heavy atom. The Morgan fingerprint density at radius 1 is 1.47 bits per heavy atom. The van der Waals surface area contributed by atoms with Gasteiger partial charge in [0.2, 0.25) is 0 Å². The molecule has 0 spiro atoms. The van der Waals surface area contributed by atoms with E-state index < -0.39 is 0 Å². The van der Waals surface area contributed by atoms with Crippen LogP contribution in [0, 0.1) is 0 Å². The molecule has 1 heterocycles. The number of nitrogens with zero attached hydrogens (tertiary/aromatic N) is 2. The second kappa shape index (κ2) is 7.00. The summed E-state index contributed by atoms with van der Waals surface area (Å²) in [6, 6.07) is 0. The van der Waals surface area contributed by atoms with Crippen LogP contribution < -0.4 is 11.1 Å². The van der Waals surface area contributed by atoms with E-state index in [1.165, 1.54) is 6.33 Å². The lowest BCUT2D eigenvalue weighted by Gasteiger charge is -2.07. The highest BCUT2D eigenvalue weighted by Crippen LogP contribution is 2.10. The third-order valence-electron chi connectivity index (χ3n) is 1.85. The molecule has 0 bridgehead atoms. The van der Waals surface area contributed by atoms with Crippen molar-refractivity contribution >= 4 is 11.5 Å². The van der Waals surface area contributed by atoms with E-state index >= 15 is 0 Å². The van der Waals surface area contributed by atoms with Crippen LogP contribution >= 0.6 is 0 Å². The highest BCUT2D eigenvalue weighted by molar-refractivity contribution is 5.58. The number of nitrogen functional groups attached to an aromatic ring is 1. The minimum absolute atomic E-state index is 0.576. The van der Waals surface area contributed by atoms with Gasteiger partial charge in [-0.15, -0.1) is 0 Å². The molecule has 1 aromatic rings. The Labute approximate surface area is 90.1 Å². The Morgan fingerprint density at radius 2 is 2.33 bits per heavy atom. The highest BCUT2D eigenvalue weighted by atomic mass is 16.5. The number of aromatic nitrogens is 2. The van der Waals surface area contributed by atoms with Crippen molar-refractivity contribution in [1.29, 1.82) is 0 Å². The molecule has 0 radical (unpaired) electrons. The summed E-state index contributed by atoms with van der Waals surface area (Å²) in [5.41, 5.74) is 6.24. The molecule has 0 saturated carbocycles. The summed E-state index contributed by atoms with van der Waals surface area (Å²) in [7, 11) is 0. The number of hydrogen-bond acceptors (Lipinski definition) is 5. The first kappa shape index (κ1) is 11.7. The lowest BCUT2D eigenvalue weighted by atomic mass is 10.4. The Balaban J connectivity index is 2.12. The Hall–Kier alpha value is -1.36. The first-order chi connectivity index (χ1) is 7.34. The van der Waals surface area contributed by atoms with Crippen LogP contribution in [0.2, 0.25) is 0 Å². The zero-order valence-corrected chi connectivity index (χ0v) is 9.07. The van der Waals surface area contributed by atoms with Crippen molar-refractivity contribution in [2.24, 2.45) is 0 Å². The van der Waals surface area contributed by atoms with E-state index in [1.54, 1.807) is 6.20 Å². The fourth-order valence-corrected chi connectivity index (χ4v) is 1.12. The zero-order valence-electron chi connectivity index (χ0n) is 9.07. The molecule has 3 N–H and O–H groups in total. The van der Waals surface area contributed by atoms with Gasteiger partial charge in [-0.25, -0.2) is 9.97 Å². The molecule has 1 rings (SSSR count). The molecule has 5 nitrogen and oxygen atoms in total. The van der Waals surface area contributed by atoms with Gasteiger partial charge in [-0.1, -0.05) is 6.92 Å². The van der Waals surface area contributed by atoms with Crippen molar-refractivity contribution in [3.05, 3.63) is 12.5 Å². The van der Waals surface area contributed by atoms with E-state index in [2.05, 4.69) is 22.2 Å². The molecule has 0 aliphatic rings. The van der Waals surface area contributed by atoms with Gasteiger partial charge in [-0.3, -0.25) is 0 Å². The molecule has 15 heavy (non-hydrogen) atoms. The third-order valence-corrected chi connectivity index (χ3v) is 1.85.